The number of amides is 1. The Morgan fingerprint density at radius 3 is 3.07 bits per heavy atom. The zero-order chi connectivity index (χ0) is 10.7. The number of carbonyl (C=O) groups excluding carboxylic acids is 1. The molecular formula is C11H15N3O. The third-order valence-corrected chi connectivity index (χ3v) is 2.57. The van der Waals surface area contributed by atoms with E-state index in [1.165, 1.54) is 0 Å². The summed E-state index contributed by atoms with van der Waals surface area (Å²) in [6.07, 6.45) is 3.29. The van der Waals surface area contributed by atoms with E-state index >= 15 is 0 Å². The fourth-order valence-electron chi connectivity index (χ4n) is 1.73. The van der Waals surface area contributed by atoms with Gasteiger partial charge in [-0.05, 0) is 18.7 Å². The molecule has 2 rings (SSSR count). The Labute approximate surface area is 89.3 Å². The summed E-state index contributed by atoms with van der Waals surface area (Å²) < 4.78 is 0. The molecule has 15 heavy (non-hydrogen) atoms. The Kier molecular flexibility index (Phi) is 2.97. The molecule has 0 aliphatic carbocycles. The summed E-state index contributed by atoms with van der Waals surface area (Å²) in [6, 6.07) is 4.06. The van der Waals surface area contributed by atoms with Crippen LogP contribution >= 0.6 is 0 Å². The molecule has 2 heterocycles. The standard InChI is InChI=1S/C11H15N3O/c1-2-13-10-7-14(8-10)11(15)9-4-3-5-12-6-9/h3-6,10,13H,2,7-8H2,1H3. The molecule has 1 fully saturated rings. The summed E-state index contributed by atoms with van der Waals surface area (Å²) in [5.74, 6) is 0.0808. The maximum Gasteiger partial charge on any atom is 0.255 e. The van der Waals surface area contributed by atoms with Crippen molar-refractivity contribution in [1.29, 1.82) is 0 Å². The van der Waals surface area contributed by atoms with Gasteiger partial charge in [0.25, 0.3) is 5.91 Å². The first-order valence-corrected chi connectivity index (χ1v) is 5.24. The minimum atomic E-state index is 0.0808. The van der Waals surface area contributed by atoms with Gasteiger partial charge in [-0.15, -0.1) is 0 Å². The molecule has 80 valence electrons. The van der Waals surface area contributed by atoms with Gasteiger partial charge in [-0.3, -0.25) is 9.78 Å². The maximum absolute atomic E-state index is 11.8. The minimum absolute atomic E-state index is 0.0808. The number of carbonyl (C=O) groups is 1. The van der Waals surface area contributed by atoms with Crippen molar-refractivity contribution in [1.82, 2.24) is 15.2 Å². The van der Waals surface area contributed by atoms with Crippen molar-refractivity contribution in [2.75, 3.05) is 19.6 Å². The van der Waals surface area contributed by atoms with Crippen molar-refractivity contribution in [3.05, 3.63) is 30.1 Å². The summed E-state index contributed by atoms with van der Waals surface area (Å²) in [7, 11) is 0. The summed E-state index contributed by atoms with van der Waals surface area (Å²) in [5, 5.41) is 3.31. The van der Waals surface area contributed by atoms with Crippen LogP contribution in [0.15, 0.2) is 24.5 Å². The highest BCUT2D eigenvalue weighted by Gasteiger charge is 2.30. The average Bonchev–Trinajstić information content (AvgIpc) is 2.23. The van der Waals surface area contributed by atoms with Gasteiger partial charge >= 0.3 is 0 Å². The predicted molar refractivity (Wildman–Crippen MR) is 57.6 cm³/mol. The van der Waals surface area contributed by atoms with Crippen LogP contribution in [-0.4, -0.2) is 41.5 Å². The van der Waals surface area contributed by atoms with Crippen molar-refractivity contribution in [3.63, 3.8) is 0 Å². The number of nitrogens with zero attached hydrogens (tertiary/aromatic N) is 2. The third kappa shape index (κ3) is 2.15. The molecule has 1 saturated heterocycles. The molecule has 1 N–H and O–H groups in total. The van der Waals surface area contributed by atoms with Crippen molar-refractivity contribution in [2.45, 2.75) is 13.0 Å². The smallest absolute Gasteiger partial charge is 0.255 e. The molecule has 0 bridgehead atoms. The average molecular weight is 205 g/mol. The van der Waals surface area contributed by atoms with Gasteiger partial charge in [0.1, 0.15) is 0 Å². The molecule has 1 aliphatic rings. The van der Waals surface area contributed by atoms with Crippen LogP contribution in [0.5, 0.6) is 0 Å². The summed E-state index contributed by atoms with van der Waals surface area (Å²) in [6.45, 7) is 4.65. The van der Waals surface area contributed by atoms with Gasteiger partial charge in [0.2, 0.25) is 0 Å². The molecule has 1 amide bonds. The Hall–Kier alpha value is -1.42. The molecule has 1 aromatic rings. The minimum Gasteiger partial charge on any atom is -0.335 e. The number of hydrogen-bond acceptors (Lipinski definition) is 3. The van der Waals surface area contributed by atoms with E-state index in [1.807, 2.05) is 4.90 Å². The van der Waals surface area contributed by atoms with Crippen molar-refractivity contribution in [2.24, 2.45) is 0 Å². The molecule has 0 unspecified atom stereocenters. The van der Waals surface area contributed by atoms with E-state index in [0.29, 0.717) is 11.6 Å². The second-order valence-electron chi connectivity index (χ2n) is 3.71. The van der Waals surface area contributed by atoms with Crippen LogP contribution in [0.2, 0.25) is 0 Å². The number of likely N-dealkylation sites (N-methyl/N-ethyl adjacent to an activating group) is 1. The van der Waals surface area contributed by atoms with Gasteiger partial charge in [-0.2, -0.15) is 0 Å². The monoisotopic (exact) mass is 205 g/mol. The number of pyridine rings is 1. The van der Waals surface area contributed by atoms with E-state index in [9.17, 15) is 4.79 Å². The molecule has 0 spiro atoms. The van der Waals surface area contributed by atoms with Gasteiger partial charge in [0.05, 0.1) is 5.56 Å². The molecule has 4 nitrogen and oxygen atoms in total. The molecule has 1 aliphatic heterocycles. The Balaban J connectivity index is 1.90. The van der Waals surface area contributed by atoms with Crippen LogP contribution in [0.3, 0.4) is 0 Å². The van der Waals surface area contributed by atoms with E-state index in [0.717, 1.165) is 19.6 Å². The highest BCUT2D eigenvalue weighted by molar-refractivity contribution is 5.94. The van der Waals surface area contributed by atoms with Crippen LogP contribution in [-0.2, 0) is 0 Å². The van der Waals surface area contributed by atoms with Crippen LogP contribution in [0.1, 0.15) is 17.3 Å². The molecule has 0 aromatic carbocycles. The maximum atomic E-state index is 11.8. The van der Waals surface area contributed by atoms with E-state index in [1.54, 1.807) is 24.5 Å². The molecular weight excluding hydrogens is 190 g/mol. The van der Waals surface area contributed by atoms with Crippen LogP contribution < -0.4 is 5.32 Å². The van der Waals surface area contributed by atoms with Crippen LogP contribution in [0, 0.1) is 0 Å². The fourth-order valence-corrected chi connectivity index (χ4v) is 1.73. The SMILES string of the molecule is CCNC1CN(C(=O)c2cccnc2)C1. The highest BCUT2D eigenvalue weighted by atomic mass is 16.2. The fraction of sp³-hybridized carbons (Fsp3) is 0.455. The molecule has 4 heteroatoms. The van der Waals surface area contributed by atoms with Crippen molar-refractivity contribution in [3.8, 4) is 0 Å². The summed E-state index contributed by atoms with van der Waals surface area (Å²) >= 11 is 0. The van der Waals surface area contributed by atoms with Gasteiger partial charge in [0, 0.05) is 31.5 Å². The quantitative estimate of drug-likeness (QED) is 0.782. The first kappa shape index (κ1) is 10.1. The predicted octanol–water partition coefficient (Wildman–Crippen LogP) is 0.515. The van der Waals surface area contributed by atoms with Crippen LogP contribution in [0.25, 0.3) is 0 Å². The lowest BCUT2D eigenvalue weighted by molar-refractivity contribution is 0.0569. The van der Waals surface area contributed by atoms with Crippen molar-refractivity contribution >= 4 is 5.91 Å². The number of likely N-dealkylation sites (tertiary alicyclic amines) is 1. The van der Waals surface area contributed by atoms with Crippen LogP contribution in [0.4, 0.5) is 0 Å². The van der Waals surface area contributed by atoms with Gasteiger partial charge in [-0.1, -0.05) is 6.92 Å². The zero-order valence-corrected chi connectivity index (χ0v) is 8.81. The first-order chi connectivity index (χ1) is 7.31. The van der Waals surface area contributed by atoms with E-state index in [2.05, 4.69) is 17.2 Å². The second-order valence-corrected chi connectivity index (χ2v) is 3.71. The molecule has 0 saturated carbocycles. The number of rotatable bonds is 3. The Morgan fingerprint density at radius 1 is 1.67 bits per heavy atom. The molecule has 1 aromatic heterocycles. The Morgan fingerprint density at radius 2 is 2.47 bits per heavy atom. The third-order valence-electron chi connectivity index (χ3n) is 2.57. The number of hydrogen-bond donors (Lipinski definition) is 1. The lowest BCUT2D eigenvalue weighted by atomic mass is 10.1. The molecule has 0 radical (unpaired) electrons. The van der Waals surface area contributed by atoms with E-state index < -0.39 is 0 Å². The molecule has 0 atom stereocenters. The number of aromatic nitrogens is 1. The van der Waals surface area contributed by atoms with Gasteiger partial charge in [0.15, 0.2) is 0 Å². The first-order valence-electron chi connectivity index (χ1n) is 5.24. The van der Waals surface area contributed by atoms with Crippen molar-refractivity contribution < 1.29 is 4.79 Å². The summed E-state index contributed by atoms with van der Waals surface area (Å²) in [5.41, 5.74) is 0.674. The Bertz CT molecular complexity index is 333. The van der Waals surface area contributed by atoms with Gasteiger partial charge < -0.3 is 10.2 Å². The normalized spacial score (nSPS) is 16.2. The van der Waals surface area contributed by atoms with E-state index in [-0.39, 0.29) is 5.91 Å². The lowest BCUT2D eigenvalue weighted by Crippen LogP contribution is -2.59. The second kappa shape index (κ2) is 4.40. The topological polar surface area (TPSA) is 45.2 Å². The highest BCUT2D eigenvalue weighted by Crippen LogP contribution is 2.12. The largest absolute Gasteiger partial charge is 0.335 e. The van der Waals surface area contributed by atoms with Gasteiger partial charge in [-0.25, -0.2) is 0 Å². The number of nitrogens with one attached hydrogen (secondary N) is 1. The summed E-state index contributed by atoms with van der Waals surface area (Å²) in [4.78, 5) is 17.6. The van der Waals surface area contributed by atoms with E-state index in [4.69, 9.17) is 0 Å². The lowest BCUT2D eigenvalue weighted by Gasteiger charge is -2.39. The zero-order valence-electron chi connectivity index (χ0n) is 8.81.